The Morgan fingerprint density at radius 1 is 1.12 bits per heavy atom. The SMILES string of the molecule is Cc1cc(C)n(-c2ncc(NC(=O)c3ccc(Cl)cc3Cl)cn2)n1. The van der Waals surface area contributed by atoms with Gasteiger partial charge in [-0.1, -0.05) is 23.2 Å². The number of halogens is 2. The molecule has 0 saturated heterocycles. The van der Waals surface area contributed by atoms with Crippen LogP contribution in [0, 0.1) is 13.8 Å². The molecule has 2 heterocycles. The second-order valence-corrected chi connectivity index (χ2v) is 6.03. The Morgan fingerprint density at radius 3 is 2.42 bits per heavy atom. The van der Waals surface area contributed by atoms with E-state index in [-0.39, 0.29) is 10.9 Å². The second kappa shape index (κ2) is 6.59. The topological polar surface area (TPSA) is 72.7 Å². The van der Waals surface area contributed by atoms with Gasteiger partial charge in [0.05, 0.1) is 34.4 Å². The van der Waals surface area contributed by atoms with E-state index >= 15 is 0 Å². The van der Waals surface area contributed by atoms with Crippen molar-refractivity contribution in [2.75, 3.05) is 5.32 Å². The molecule has 3 rings (SSSR count). The van der Waals surface area contributed by atoms with Crippen LogP contribution in [0.2, 0.25) is 10.0 Å². The molecule has 1 N–H and O–H groups in total. The van der Waals surface area contributed by atoms with Crippen LogP contribution in [0.25, 0.3) is 5.95 Å². The molecule has 0 aliphatic rings. The molecule has 6 nitrogen and oxygen atoms in total. The Labute approximate surface area is 148 Å². The van der Waals surface area contributed by atoms with E-state index in [1.165, 1.54) is 18.5 Å². The van der Waals surface area contributed by atoms with Crippen LogP contribution in [0.15, 0.2) is 36.7 Å². The highest BCUT2D eigenvalue weighted by molar-refractivity contribution is 6.37. The molecule has 2 aromatic heterocycles. The van der Waals surface area contributed by atoms with E-state index in [9.17, 15) is 4.79 Å². The van der Waals surface area contributed by atoms with Crippen LogP contribution in [0.3, 0.4) is 0 Å². The molecule has 0 bridgehead atoms. The van der Waals surface area contributed by atoms with Gasteiger partial charge < -0.3 is 5.32 Å². The molecule has 122 valence electrons. The maximum absolute atomic E-state index is 12.2. The minimum atomic E-state index is -0.362. The molecule has 0 atom stereocenters. The first-order valence-corrected chi connectivity index (χ1v) is 7.82. The third-order valence-electron chi connectivity index (χ3n) is 3.27. The number of carbonyl (C=O) groups excluding carboxylic acids is 1. The third-order valence-corrected chi connectivity index (χ3v) is 3.82. The van der Waals surface area contributed by atoms with Crippen LogP contribution in [0.1, 0.15) is 21.7 Å². The maximum atomic E-state index is 12.2. The van der Waals surface area contributed by atoms with Crippen molar-refractivity contribution >= 4 is 34.8 Å². The fourth-order valence-corrected chi connectivity index (χ4v) is 2.69. The molecule has 0 fully saturated rings. The fourth-order valence-electron chi connectivity index (χ4n) is 2.20. The summed E-state index contributed by atoms with van der Waals surface area (Å²) >= 11 is 11.9. The highest BCUT2D eigenvalue weighted by atomic mass is 35.5. The Bertz CT molecular complexity index is 905. The zero-order valence-corrected chi connectivity index (χ0v) is 14.4. The summed E-state index contributed by atoms with van der Waals surface area (Å²) in [5.74, 6) is 0.0715. The standard InChI is InChI=1S/C16H13Cl2N5O/c1-9-5-10(2)23(22-9)16-19-7-12(8-20-16)21-15(24)13-4-3-11(17)6-14(13)18/h3-8H,1-2H3,(H,21,24). The number of nitrogens with one attached hydrogen (secondary N) is 1. The summed E-state index contributed by atoms with van der Waals surface area (Å²) in [6.07, 6.45) is 3.03. The lowest BCUT2D eigenvalue weighted by atomic mass is 10.2. The minimum Gasteiger partial charge on any atom is -0.319 e. The van der Waals surface area contributed by atoms with Crippen molar-refractivity contribution in [2.45, 2.75) is 13.8 Å². The molecular formula is C16H13Cl2N5O. The number of amides is 1. The van der Waals surface area contributed by atoms with Crippen molar-refractivity contribution in [3.63, 3.8) is 0 Å². The van der Waals surface area contributed by atoms with Gasteiger partial charge in [0.25, 0.3) is 11.9 Å². The second-order valence-electron chi connectivity index (χ2n) is 5.19. The van der Waals surface area contributed by atoms with Crippen molar-refractivity contribution < 1.29 is 4.79 Å². The van der Waals surface area contributed by atoms with E-state index < -0.39 is 0 Å². The van der Waals surface area contributed by atoms with Crippen LogP contribution < -0.4 is 5.32 Å². The molecule has 0 unspecified atom stereocenters. The van der Waals surface area contributed by atoms with E-state index in [1.54, 1.807) is 16.8 Å². The van der Waals surface area contributed by atoms with Gasteiger partial charge in [0.2, 0.25) is 0 Å². The average Bonchev–Trinajstić information content (AvgIpc) is 2.86. The lowest BCUT2D eigenvalue weighted by molar-refractivity contribution is 0.102. The number of aromatic nitrogens is 4. The first-order valence-electron chi connectivity index (χ1n) is 7.06. The number of benzene rings is 1. The fraction of sp³-hybridized carbons (Fsp3) is 0.125. The molecule has 1 aromatic carbocycles. The van der Waals surface area contributed by atoms with Crippen molar-refractivity contribution in [2.24, 2.45) is 0 Å². The lowest BCUT2D eigenvalue weighted by Gasteiger charge is -2.07. The zero-order valence-electron chi connectivity index (χ0n) is 12.9. The summed E-state index contributed by atoms with van der Waals surface area (Å²) in [5.41, 5.74) is 2.59. The molecule has 1 amide bonds. The molecule has 0 aliphatic heterocycles. The Kier molecular flexibility index (Phi) is 4.51. The predicted molar refractivity (Wildman–Crippen MR) is 93.0 cm³/mol. The van der Waals surface area contributed by atoms with E-state index in [2.05, 4.69) is 20.4 Å². The number of hydrogen-bond acceptors (Lipinski definition) is 4. The third kappa shape index (κ3) is 3.39. The van der Waals surface area contributed by atoms with E-state index in [4.69, 9.17) is 23.2 Å². The van der Waals surface area contributed by atoms with Crippen LogP contribution in [0.4, 0.5) is 5.69 Å². The van der Waals surface area contributed by atoms with Crippen LogP contribution in [0.5, 0.6) is 0 Å². The summed E-state index contributed by atoms with van der Waals surface area (Å²) in [5, 5.41) is 7.75. The van der Waals surface area contributed by atoms with Crippen molar-refractivity contribution in [1.82, 2.24) is 19.7 Å². The van der Waals surface area contributed by atoms with Gasteiger partial charge in [-0.05, 0) is 38.1 Å². The van der Waals surface area contributed by atoms with Crippen LogP contribution in [-0.4, -0.2) is 25.7 Å². The molecule has 0 saturated carbocycles. The zero-order chi connectivity index (χ0) is 17.3. The predicted octanol–water partition coefficient (Wildman–Crippen LogP) is 3.84. The number of hydrogen-bond donors (Lipinski definition) is 1. The number of rotatable bonds is 3. The molecule has 0 aliphatic carbocycles. The Hall–Kier alpha value is -2.44. The summed E-state index contributed by atoms with van der Waals surface area (Å²) in [4.78, 5) is 20.7. The summed E-state index contributed by atoms with van der Waals surface area (Å²) in [6.45, 7) is 3.82. The molecule has 8 heteroatoms. The molecule has 24 heavy (non-hydrogen) atoms. The maximum Gasteiger partial charge on any atom is 0.257 e. The number of carbonyl (C=O) groups is 1. The monoisotopic (exact) mass is 361 g/mol. The van der Waals surface area contributed by atoms with E-state index in [0.29, 0.717) is 22.2 Å². The molecular weight excluding hydrogens is 349 g/mol. The van der Waals surface area contributed by atoms with Crippen LogP contribution in [-0.2, 0) is 0 Å². The van der Waals surface area contributed by atoms with Gasteiger partial charge in [-0.3, -0.25) is 4.79 Å². The van der Waals surface area contributed by atoms with Gasteiger partial charge in [0, 0.05) is 10.7 Å². The summed E-state index contributed by atoms with van der Waals surface area (Å²) in [7, 11) is 0. The van der Waals surface area contributed by atoms with Gasteiger partial charge in [-0.15, -0.1) is 0 Å². The molecule has 0 radical (unpaired) electrons. The molecule has 0 spiro atoms. The number of aryl methyl sites for hydroxylation is 2. The highest BCUT2D eigenvalue weighted by Crippen LogP contribution is 2.22. The number of nitrogens with zero attached hydrogens (tertiary/aromatic N) is 4. The first kappa shape index (κ1) is 16.4. The Balaban J connectivity index is 1.79. The smallest absolute Gasteiger partial charge is 0.257 e. The Morgan fingerprint density at radius 2 is 1.83 bits per heavy atom. The van der Waals surface area contributed by atoms with E-state index in [0.717, 1.165) is 11.4 Å². The van der Waals surface area contributed by atoms with Gasteiger partial charge in [0.15, 0.2) is 0 Å². The summed E-state index contributed by atoms with van der Waals surface area (Å²) in [6, 6.07) is 6.61. The van der Waals surface area contributed by atoms with Gasteiger partial charge in [0.1, 0.15) is 0 Å². The number of anilines is 1. The highest BCUT2D eigenvalue weighted by Gasteiger charge is 2.12. The van der Waals surface area contributed by atoms with Crippen LogP contribution >= 0.6 is 23.2 Å². The minimum absolute atomic E-state index is 0.278. The van der Waals surface area contributed by atoms with Crippen molar-refractivity contribution in [3.8, 4) is 5.95 Å². The van der Waals surface area contributed by atoms with Gasteiger partial charge >= 0.3 is 0 Å². The van der Waals surface area contributed by atoms with Crippen molar-refractivity contribution in [3.05, 3.63) is 63.7 Å². The first-order chi connectivity index (χ1) is 11.4. The largest absolute Gasteiger partial charge is 0.319 e. The molecule has 3 aromatic rings. The normalized spacial score (nSPS) is 10.7. The van der Waals surface area contributed by atoms with E-state index in [1.807, 2.05) is 19.9 Å². The van der Waals surface area contributed by atoms with Gasteiger partial charge in [-0.2, -0.15) is 5.10 Å². The van der Waals surface area contributed by atoms with Crippen molar-refractivity contribution in [1.29, 1.82) is 0 Å². The summed E-state index contributed by atoms with van der Waals surface area (Å²) < 4.78 is 1.64. The average molecular weight is 362 g/mol. The van der Waals surface area contributed by atoms with Gasteiger partial charge in [-0.25, -0.2) is 14.6 Å². The quantitative estimate of drug-likeness (QED) is 0.768. The lowest BCUT2D eigenvalue weighted by Crippen LogP contribution is -2.13.